The van der Waals surface area contributed by atoms with Crippen LogP contribution in [0.25, 0.3) is 0 Å². The Bertz CT molecular complexity index is 136. The van der Waals surface area contributed by atoms with Crippen LogP contribution < -0.4 is 5.32 Å². The highest BCUT2D eigenvalue weighted by Gasteiger charge is 1.88. The summed E-state index contributed by atoms with van der Waals surface area (Å²) in [6.45, 7) is 10.3. The highest BCUT2D eigenvalue weighted by molar-refractivity contribution is 4.88. The SMILES string of the molecule is C=CCN/C=C/CC(C)C=C. The van der Waals surface area contributed by atoms with Gasteiger partial charge in [0.2, 0.25) is 0 Å². The lowest BCUT2D eigenvalue weighted by Crippen LogP contribution is -2.02. The molecule has 1 N–H and O–H groups in total. The van der Waals surface area contributed by atoms with E-state index < -0.39 is 0 Å². The summed E-state index contributed by atoms with van der Waals surface area (Å²) in [4.78, 5) is 0. The first-order valence-corrected chi connectivity index (χ1v) is 3.93. The second-order valence-electron chi connectivity index (χ2n) is 2.55. The summed E-state index contributed by atoms with van der Waals surface area (Å²) in [7, 11) is 0. The van der Waals surface area contributed by atoms with Crippen LogP contribution in [0.5, 0.6) is 0 Å². The third-order valence-electron chi connectivity index (χ3n) is 1.41. The zero-order valence-electron chi connectivity index (χ0n) is 7.22. The van der Waals surface area contributed by atoms with Gasteiger partial charge in [-0.15, -0.1) is 13.2 Å². The monoisotopic (exact) mass is 151 g/mol. The van der Waals surface area contributed by atoms with E-state index in [1.807, 2.05) is 18.4 Å². The van der Waals surface area contributed by atoms with Gasteiger partial charge in [-0.25, -0.2) is 0 Å². The fourth-order valence-electron chi connectivity index (χ4n) is 0.614. The number of nitrogens with one attached hydrogen (secondary N) is 1. The molecule has 1 heteroatoms. The van der Waals surface area contributed by atoms with Crippen molar-refractivity contribution in [1.82, 2.24) is 5.32 Å². The average Bonchev–Trinajstić information content (AvgIpc) is 2.04. The van der Waals surface area contributed by atoms with E-state index >= 15 is 0 Å². The lowest BCUT2D eigenvalue weighted by molar-refractivity contribution is 0.742. The van der Waals surface area contributed by atoms with Gasteiger partial charge in [-0.2, -0.15) is 0 Å². The molecule has 11 heavy (non-hydrogen) atoms. The molecule has 0 rings (SSSR count). The Morgan fingerprint density at radius 1 is 1.45 bits per heavy atom. The summed E-state index contributed by atoms with van der Waals surface area (Å²) in [6.07, 6.45) is 8.91. The van der Waals surface area contributed by atoms with Crippen LogP contribution in [-0.2, 0) is 0 Å². The predicted octanol–water partition coefficient (Wildman–Crippen LogP) is 2.49. The molecule has 0 saturated heterocycles. The molecular weight excluding hydrogens is 134 g/mol. The fraction of sp³-hybridized carbons (Fsp3) is 0.400. The Morgan fingerprint density at radius 2 is 2.18 bits per heavy atom. The summed E-state index contributed by atoms with van der Waals surface area (Å²) >= 11 is 0. The Morgan fingerprint density at radius 3 is 2.73 bits per heavy atom. The average molecular weight is 151 g/mol. The third-order valence-corrected chi connectivity index (χ3v) is 1.41. The summed E-state index contributed by atoms with van der Waals surface area (Å²) in [5.74, 6) is 0.566. The third kappa shape index (κ3) is 6.91. The minimum absolute atomic E-state index is 0.566. The largest absolute Gasteiger partial charge is 0.388 e. The second kappa shape index (κ2) is 7.13. The van der Waals surface area contributed by atoms with Gasteiger partial charge in [-0.05, 0) is 18.5 Å². The van der Waals surface area contributed by atoms with E-state index in [0.29, 0.717) is 5.92 Å². The maximum atomic E-state index is 3.71. The van der Waals surface area contributed by atoms with Gasteiger partial charge in [0.15, 0.2) is 0 Å². The van der Waals surface area contributed by atoms with Crippen LogP contribution in [0.1, 0.15) is 13.3 Å². The molecule has 0 bridgehead atoms. The van der Waals surface area contributed by atoms with E-state index in [4.69, 9.17) is 0 Å². The summed E-state index contributed by atoms with van der Waals surface area (Å²) in [6, 6.07) is 0. The maximum Gasteiger partial charge on any atom is 0.0322 e. The molecule has 0 saturated carbocycles. The number of rotatable bonds is 6. The molecule has 62 valence electrons. The van der Waals surface area contributed by atoms with Gasteiger partial charge in [-0.3, -0.25) is 0 Å². The predicted molar refractivity (Wildman–Crippen MR) is 51.3 cm³/mol. The van der Waals surface area contributed by atoms with Gasteiger partial charge >= 0.3 is 0 Å². The minimum atomic E-state index is 0.566. The minimum Gasteiger partial charge on any atom is -0.388 e. The summed E-state index contributed by atoms with van der Waals surface area (Å²) in [5, 5.41) is 3.08. The number of hydrogen-bond donors (Lipinski definition) is 1. The molecule has 0 aromatic rings. The molecule has 0 aromatic heterocycles. The Balaban J connectivity index is 3.28. The first-order chi connectivity index (χ1) is 5.31. The fourth-order valence-corrected chi connectivity index (χ4v) is 0.614. The second-order valence-corrected chi connectivity index (χ2v) is 2.55. The van der Waals surface area contributed by atoms with Crippen LogP contribution in [0, 0.1) is 5.92 Å². The molecule has 0 radical (unpaired) electrons. The molecule has 0 aliphatic carbocycles. The molecule has 0 aliphatic heterocycles. The van der Waals surface area contributed by atoms with Gasteiger partial charge in [0.1, 0.15) is 0 Å². The number of allylic oxidation sites excluding steroid dienone is 2. The summed E-state index contributed by atoms with van der Waals surface area (Å²) in [5.41, 5.74) is 0. The maximum absolute atomic E-state index is 3.71. The van der Waals surface area contributed by atoms with E-state index in [-0.39, 0.29) is 0 Å². The molecule has 0 spiro atoms. The van der Waals surface area contributed by atoms with Gasteiger partial charge in [-0.1, -0.05) is 25.2 Å². The van der Waals surface area contributed by atoms with Crippen LogP contribution >= 0.6 is 0 Å². The molecule has 0 aromatic carbocycles. The van der Waals surface area contributed by atoms with Gasteiger partial charge in [0.05, 0.1) is 0 Å². The quantitative estimate of drug-likeness (QED) is 0.454. The van der Waals surface area contributed by atoms with Crippen LogP contribution in [0.3, 0.4) is 0 Å². The van der Waals surface area contributed by atoms with Gasteiger partial charge in [0.25, 0.3) is 0 Å². The normalized spacial score (nSPS) is 12.8. The van der Waals surface area contributed by atoms with Crippen LogP contribution in [0.2, 0.25) is 0 Å². The molecule has 0 heterocycles. The van der Waals surface area contributed by atoms with E-state index in [1.165, 1.54) is 0 Å². The van der Waals surface area contributed by atoms with E-state index in [0.717, 1.165) is 13.0 Å². The zero-order valence-corrected chi connectivity index (χ0v) is 7.22. The molecule has 1 atom stereocenters. The van der Waals surface area contributed by atoms with Crippen molar-refractivity contribution >= 4 is 0 Å². The summed E-state index contributed by atoms with van der Waals surface area (Å²) < 4.78 is 0. The zero-order chi connectivity index (χ0) is 8.53. The van der Waals surface area contributed by atoms with Gasteiger partial charge in [0, 0.05) is 6.54 Å². The number of hydrogen-bond acceptors (Lipinski definition) is 1. The van der Waals surface area contributed by atoms with E-state index in [2.05, 4.69) is 31.5 Å². The molecule has 1 nitrogen and oxygen atoms in total. The Kier molecular flexibility index (Phi) is 6.50. The Hall–Kier alpha value is -0.980. The van der Waals surface area contributed by atoms with Crippen LogP contribution in [0.15, 0.2) is 37.6 Å². The van der Waals surface area contributed by atoms with Crippen LogP contribution in [-0.4, -0.2) is 6.54 Å². The molecule has 1 unspecified atom stereocenters. The van der Waals surface area contributed by atoms with E-state index in [9.17, 15) is 0 Å². The van der Waals surface area contributed by atoms with Crippen molar-refractivity contribution in [3.05, 3.63) is 37.6 Å². The molecular formula is C10H17N. The lowest BCUT2D eigenvalue weighted by Gasteiger charge is -1.98. The smallest absolute Gasteiger partial charge is 0.0322 e. The van der Waals surface area contributed by atoms with Crippen molar-refractivity contribution in [1.29, 1.82) is 0 Å². The van der Waals surface area contributed by atoms with Crippen molar-refractivity contribution in [3.8, 4) is 0 Å². The first kappa shape index (κ1) is 10.0. The lowest BCUT2D eigenvalue weighted by atomic mass is 10.1. The van der Waals surface area contributed by atoms with Crippen molar-refractivity contribution in [2.75, 3.05) is 6.54 Å². The highest BCUT2D eigenvalue weighted by Crippen LogP contribution is 2.01. The topological polar surface area (TPSA) is 12.0 Å². The standard InChI is InChI=1S/C10H17N/c1-4-8-11-9-6-7-10(3)5-2/h4-6,9-11H,1-2,7-8H2,3H3/b9-6+. The van der Waals surface area contributed by atoms with Crippen LogP contribution in [0.4, 0.5) is 0 Å². The van der Waals surface area contributed by atoms with Crippen molar-refractivity contribution in [2.24, 2.45) is 5.92 Å². The van der Waals surface area contributed by atoms with E-state index in [1.54, 1.807) is 0 Å². The van der Waals surface area contributed by atoms with Crippen molar-refractivity contribution in [2.45, 2.75) is 13.3 Å². The Labute approximate surface area is 69.5 Å². The highest BCUT2D eigenvalue weighted by atomic mass is 14.8. The molecule has 0 fully saturated rings. The van der Waals surface area contributed by atoms with Crippen molar-refractivity contribution in [3.63, 3.8) is 0 Å². The van der Waals surface area contributed by atoms with Gasteiger partial charge < -0.3 is 5.32 Å². The van der Waals surface area contributed by atoms with Crippen molar-refractivity contribution < 1.29 is 0 Å². The molecule has 0 aliphatic rings. The first-order valence-electron chi connectivity index (χ1n) is 3.93. The molecule has 0 amide bonds.